The maximum atomic E-state index is 12.2. The number of carbonyl (C=O) groups is 2. The first-order valence-corrected chi connectivity index (χ1v) is 7.63. The second-order valence-corrected chi connectivity index (χ2v) is 6.03. The van der Waals surface area contributed by atoms with Crippen LogP contribution in [0.15, 0.2) is 18.3 Å². The molecule has 0 bridgehead atoms. The number of amides is 2. The number of aliphatic carboxylic acids is 1. The predicted octanol–water partition coefficient (Wildman–Crippen LogP) is 1.68. The molecule has 0 radical (unpaired) electrons. The van der Waals surface area contributed by atoms with E-state index < -0.39 is 11.9 Å². The molecule has 1 aromatic rings. The molecule has 2 amide bonds. The lowest BCUT2D eigenvalue weighted by Crippen LogP contribution is -2.49. The molecule has 2 unspecified atom stereocenters. The Morgan fingerprint density at radius 3 is 2.91 bits per heavy atom. The molecule has 1 aromatic heterocycles. The number of likely N-dealkylation sites (tertiary alicyclic amines) is 1. The Morgan fingerprint density at radius 2 is 2.23 bits per heavy atom. The van der Waals surface area contributed by atoms with Crippen LogP contribution >= 0.6 is 0 Å². The lowest BCUT2D eigenvalue weighted by Gasteiger charge is -2.34. The summed E-state index contributed by atoms with van der Waals surface area (Å²) < 4.78 is 0. The lowest BCUT2D eigenvalue weighted by atomic mass is 9.91. The van der Waals surface area contributed by atoms with Crippen LogP contribution in [-0.4, -0.2) is 46.6 Å². The van der Waals surface area contributed by atoms with E-state index in [9.17, 15) is 9.59 Å². The smallest absolute Gasteiger partial charge is 0.317 e. The monoisotopic (exact) mass is 305 g/mol. The topological polar surface area (TPSA) is 82.5 Å². The van der Waals surface area contributed by atoms with E-state index in [0.717, 1.165) is 11.3 Å². The van der Waals surface area contributed by atoms with E-state index in [1.807, 2.05) is 26.0 Å². The molecule has 2 heterocycles. The molecule has 6 nitrogen and oxygen atoms in total. The summed E-state index contributed by atoms with van der Waals surface area (Å²) in [6.07, 6.45) is 3.05. The number of carboxylic acids is 1. The van der Waals surface area contributed by atoms with Crippen LogP contribution in [0, 0.1) is 18.8 Å². The number of piperidine rings is 1. The average molecular weight is 305 g/mol. The predicted molar refractivity (Wildman–Crippen MR) is 82.6 cm³/mol. The number of carboxylic acid groups (broad SMARTS) is 1. The molecule has 2 atom stereocenters. The van der Waals surface area contributed by atoms with E-state index in [4.69, 9.17) is 5.11 Å². The number of nitrogens with one attached hydrogen (secondary N) is 1. The van der Waals surface area contributed by atoms with Crippen molar-refractivity contribution in [3.63, 3.8) is 0 Å². The fraction of sp³-hybridized carbons (Fsp3) is 0.562. The highest BCUT2D eigenvalue weighted by atomic mass is 16.4. The third kappa shape index (κ3) is 4.19. The minimum atomic E-state index is -0.825. The zero-order valence-corrected chi connectivity index (χ0v) is 13.1. The number of rotatable bonds is 4. The minimum Gasteiger partial charge on any atom is -0.481 e. The molecule has 0 aliphatic carbocycles. The number of pyridine rings is 1. The maximum Gasteiger partial charge on any atom is 0.317 e. The minimum absolute atomic E-state index is 0.189. The zero-order valence-electron chi connectivity index (χ0n) is 13.1. The van der Waals surface area contributed by atoms with Crippen molar-refractivity contribution in [2.24, 2.45) is 11.8 Å². The average Bonchev–Trinajstić information content (AvgIpc) is 2.48. The highest BCUT2D eigenvalue weighted by molar-refractivity contribution is 5.76. The summed E-state index contributed by atoms with van der Waals surface area (Å²) in [5.74, 6) is -1.08. The van der Waals surface area contributed by atoms with Crippen LogP contribution in [0.25, 0.3) is 0 Å². The Labute approximate surface area is 130 Å². The number of hydrogen-bond donors (Lipinski definition) is 2. The summed E-state index contributed by atoms with van der Waals surface area (Å²) >= 11 is 0. The van der Waals surface area contributed by atoms with Crippen molar-refractivity contribution in [3.05, 3.63) is 29.6 Å². The molecule has 1 saturated heterocycles. The van der Waals surface area contributed by atoms with Crippen molar-refractivity contribution in [2.45, 2.75) is 26.7 Å². The molecule has 0 saturated carbocycles. The van der Waals surface area contributed by atoms with Gasteiger partial charge in [-0.15, -0.1) is 0 Å². The maximum absolute atomic E-state index is 12.2. The van der Waals surface area contributed by atoms with Crippen LogP contribution < -0.4 is 5.32 Å². The van der Waals surface area contributed by atoms with Gasteiger partial charge in [-0.3, -0.25) is 9.78 Å². The van der Waals surface area contributed by atoms with E-state index in [0.29, 0.717) is 25.9 Å². The third-order valence-corrected chi connectivity index (χ3v) is 4.05. The Balaban J connectivity index is 1.84. The molecule has 1 aliphatic heterocycles. The zero-order chi connectivity index (χ0) is 16.1. The summed E-state index contributed by atoms with van der Waals surface area (Å²) in [5.41, 5.74) is 2.08. The second-order valence-electron chi connectivity index (χ2n) is 6.03. The van der Waals surface area contributed by atoms with Crippen LogP contribution in [0.2, 0.25) is 0 Å². The number of carbonyl (C=O) groups excluding carboxylic acids is 1. The highest BCUT2D eigenvalue weighted by Gasteiger charge is 2.31. The van der Waals surface area contributed by atoms with Crippen molar-refractivity contribution in [1.29, 1.82) is 0 Å². The van der Waals surface area contributed by atoms with E-state index in [1.54, 1.807) is 11.1 Å². The summed E-state index contributed by atoms with van der Waals surface area (Å²) in [7, 11) is 0. The molecule has 0 aromatic carbocycles. The van der Waals surface area contributed by atoms with Gasteiger partial charge < -0.3 is 15.3 Å². The Hall–Kier alpha value is -2.11. The number of urea groups is 1. The fourth-order valence-electron chi connectivity index (χ4n) is 2.88. The highest BCUT2D eigenvalue weighted by Crippen LogP contribution is 2.21. The summed E-state index contributed by atoms with van der Waals surface area (Å²) in [4.78, 5) is 29.2. The van der Waals surface area contributed by atoms with Crippen LogP contribution in [-0.2, 0) is 11.2 Å². The fourth-order valence-corrected chi connectivity index (χ4v) is 2.88. The molecular formula is C16H23N3O3. The Kier molecular flexibility index (Phi) is 5.35. The van der Waals surface area contributed by atoms with Crippen molar-refractivity contribution in [1.82, 2.24) is 15.2 Å². The quantitative estimate of drug-likeness (QED) is 0.886. The van der Waals surface area contributed by atoms with Gasteiger partial charge in [0, 0.05) is 37.9 Å². The molecular weight excluding hydrogens is 282 g/mol. The normalized spacial score (nSPS) is 21.5. The van der Waals surface area contributed by atoms with Gasteiger partial charge in [-0.25, -0.2) is 4.79 Å². The number of hydrogen-bond acceptors (Lipinski definition) is 3. The van der Waals surface area contributed by atoms with Crippen molar-refractivity contribution in [2.75, 3.05) is 19.6 Å². The third-order valence-electron chi connectivity index (χ3n) is 4.05. The SMILES string of the molecule is Cc1cccnc1CCNC(=O)N1CC(C)CC(C(=O)O)C1. The molecule has 1 aliphatic rings. The Bertz CT molecular complexity index is 547. The lowest BCUT2D eigenvalue weighted by molar-refractivity contribution is -0.143. The van der Waals surface area contributed by atoms with Crippen LogP contribution in [0.1, 0.15) is 24.6 Å². The second kappa shape index (κ2) is 7.24. The first-order valence-electron chi connectivity index (χ1n) is 7.63. The van der Waals surface area contributed by atoms with Crippen LogP contribution in [0.4, 0.5) is 4.79 Å². The van der Waals surface area contributed by atoms with Gasteiger partial charge in [-0.05, 0) is 30.9 Å². The summed E-state index contributed by atoms with van der Waals surface area (Å²) in [6, 6.07) is 3.69. The largest absolute Gasteiger partial charge is 0.481 e. The van der Waals surface area contributed by atoms with E-state index in [2.05, 4.69) is 10.3 Å². The molecule has 120 valence electrons. The van der Waals surface area contributed by atoms with Crippen LogP contribution in [0.3, 0.4) is 0 Å². The number of aromatic nitrogens is 1. The standard InChI is InChI=1S/C16H23N3O3/c1-11-8-13(15(20)21)10-19(9-11)16(22)18-7-5-14-12(2)4-3-6-17-14/h3-4,6,11,13H,5,7-10H2,1-2H3,(H,18,22)(H,20,21). The Morgan fingerprint density at radius 1 is 1.45 bits per heavy atom. The van der Waals surface area contributed by atoms with Gasteiger partial charge in [-0.2, -0.15) is 0 Å². The van der Waals surface area contributed by atoms with Crippen LogP contribution in [0.5, 0.6) is 0 Å². The van der Waals surface area contributed by atoms with Gasteiger partial charge >= 0.3 is 12.0 Å². The van der Waals surface area contributed by atoms with E-state index in [1.165, 1.54) is 0 Å². The molecule has 2 N–H and O–H groups in total. The molecule has 2 rings (SSSR count). The van der Waals surface area contributed by atoms with Gasteiger partial charge in [-0.1, -0.05) is 13.0 Å². The van der Waals surface area contributed by atoms with E-state index >= 15 is 0 Å². The first-order chi connectivity index (χ1) is 10.5. The van der Waals surface area contributed by atoms with Crippen molar-refractivity contribution >= 4 is 12.0 Å². The molecule has 1 fully saturated rings. The van der Waals surface area contributed by atoms with Gasteiger partial charge in [0.2, 0.25) is 0 Å². The van der Waals surface area contributed by atoms with Gasteiger partial charge in [0.05, 0.1) is 5.92 Å². The van der Waals surface area contributed by atoms with Crippen molar-refractivity contribution in [3.8, 4) is 0 Å². The van der Waals surface area contributed by atoms with Gasteiger partial charge in [0.15, 0.2) is 0 Å². The summed E-state index contributed by atoms with van der Waals surface area (Å²) in [6.45, 7) is 5.37. The van der Waals surface area contributed by atoms with Gasteiger partial charge in [0.1, 0.15) is 0 Å². The molecule has 22 heavy (non-hydrogen) atoms. The number of aryl methyl sites for hydroxylation is 1. The number of nitrogens with zero attached hydrogens (tertiary/aromatic N) is 2. The van der Waals surface area contributed by atoms with Gasteiger partial charge in [0.25, 0.3) is 0 Å². The molecule has 0 spiro atoms. The van der Waals surface area contributed by atoms with Crippen molar-refractivity contribution < 1.29 is 14.7 Å². The van der Waals surface area contributed by atoms with E-state index in [-0.39, 0.29) is 18.5 Å². The molecule has 6 heteroatoms. The first kappa shape index (κ1) is 16.3. The summed E-state index contributed by atoms with van der Waals surface area (Å²) in [5, 5.41) is 12.0.